The number of nitrogens with zero attached hydrogens (tertiary/aromatic N) is 8. The molecule has 4 aliphatic rings. The number of rotatable bonds is 8. The van der Waals surface area contributed by atoms with E-state index in [4.69, 9.17) is 19.2 Å². The summed E-state index contributed by atoms with van der Waals surface area (Å²) in [6.45, 7) is 4.11. The number of aromatic nitrogens is 4. The average molecular weight is 577 g/mol. The maximum absolute atomic E-state index is 9.85. The Hall–Kier alpha value is -4.71. The normalized spacial score (nSPS) is 21.0. The largest absolute Gasteiger partial charge is 0.490 e. The van der Waals surface area contributed by atoms with Crippen LogP contribution in [0.1, 0.15) is 30.4 Å². The number of hydrogen-bond acceptors (Lipinski definition) is 10. The van der Waals surface area contributed by atoms with Crippen LogP contribution in [0.25, 0.3) is 16.6 Å². The molecule has 4 fully saturated rings. The van der Waals surface area contributed by atoms with Gasteiger partial charge >= 0.3 is 0 Å². The third kappa shape index (κ3) is 5.11. The molecule has 4 aromatic rings. The van der Waals surface area contributed by atoms with Crippen molar-refractivity contribution in [1.82, 2.24) is 24.5 Å². The first-order valence-corrected chi connectivity index (χ1v) is 14.6. The Balaban J connectivity index is 1.08. The molecule has 11 nitrogen and oxygen atoms in total. The van der Waals surface area contributed by atoms with Gasteiger partial charge in [0.1, 0.15) is 24.2 Å². The number of nitriles is 2. The minimum atomic E-state index is -0.575. The Labute approximate surface area is 249 Å². The number of piperazine rings is 1. The lowest BCUT2D eigenvalue weighted by Gasteiger charge is -2.56. The van der Waals surface area contributed by atoms with Crippen LogP contribution in [-0.2, 0) is 11.3 Å². The van der Waals surface area contributed by atoms with Crippen molar-refractivity contribution in [3.8, 4) is 34.9 Å². The number of ether oxygens (including phenoxy) is 3. The van der Waals surface area contributed by atoms with E-state index < -0.39 is 5.41 Å². The van der Waals surface area contributed by atoms with E-state index in [0.29, 0.717) is 60.8 Å². The Kier molecular flexibility index (Phi) is 7.05. The highest BCUT2D eigenvalue weighted by atomic mass is 16.5. The van der Waals surface area contributed by atoms with Gasteiger partial charge in [-0.05, 0) is 43.0 Å². The van der Waals surface area contributed by atoms with Gasteiger partial charge in [-0.15, -0.1) is 0 Å². The number of pyridine rings is 3. The van der Waals surface area contributed by atoms with Crippen molar-refractivity contribution >= 4 is 11.3 Å². The molecule has 0 amide bonds. The van der Waals surface area contributed by atoms with E-state index >= 15 is 0 Å². The monoisotopic (exact) mass is 576 g/mol. The van der Waals surface area contributed by atoms with Crippen molar-refractivity contribution in [1.29, 1.82) is 10.5 Å². The van der Waals surface area contributed by atoms with Gasteiger partial charge in [-0.2, -0.15) is 15.6 Å². The maximum atomic E-state index is 9.85. The quantitative estimate of drug-likeness (QED) is 0.306. The summed E-state index contributed by atoms with van der Waals surface area (Å²) in [5, 5.41) is 24.0. The highest BCUT2D eigenvalue weighted by Gasteiger charge is 2.44. The first-order valence-electron chi connectivity index (χ1n) is 14.6. The molecule has 4 saturated heterocycles. The van der Waals surface area contributed by atoms with Crippen LogP contribution in [0.2, 0.25) is 0 Å². The molecule has 4 aromatic heterocycles. The molecule has 11 heteroatoms. The van der Waals surface area contributed by atoms with Gasteiger partial charge in [-0.25, -0.2) is 14.5 Å². The summed E-state index contributed by atoms with van der Waals surface area (Å²) >= 11 is 0. The molecular weight excluding hydrogens is 544 g/mol. The summed E-state index contributed by atoms with van der Waals surface area (Å²) in [6.07, 6.45) is 9.55. The van der Waals surface area contributed by atoms with Crippen molar-refractivity contribution in [2.75, 3.05) is 44.9 Å². The molecule has 8 heterocycles. The van der Waals surface area contributed by atoms with Crippen LogP contribution in [0.5, 0.6) is 11.6 Å². The molecular formula is C32H32N8O3. The van der Waals surface area contributed by atoms with Gasteiger partial charge in [0.05, 0.1) is 42.1 Å². The average Bonchev–Trinajstić information content (AvgIpc) is 3.50. The molecule has 0 aromatic carbocycles. The third-order valence-electron chi connectivity index (χ3n) is 9.01. The molecule has 218 valence electrons. The lowest BCUT2D eigenvalue weighted by Crippen LogP contribution is -2.68. The zero-order valence-electron chi connectivity index (χ0n) is 24.0. The number of anilines is 1. The van der Waals surface area contributed by atoms with Crippen LogP contribution in [0.3, 0.4) is 0 Å². The fourth-order valence-corrected chi connectivity index (χ4v) is 6.45. The van der Waals surface area contributed by atoms with Crippen molar-refractivity contribution in [3.05, 3.63) is 66.2 Å². The number of fused-ring (bicyclic) bond motifs is 3. The first kappa shape index (κ1) is 27.1. The van der Waals surface area contributed by atoms with E-state index in [0.717, 1.165) is 36.6 Å². The summed E-state index contributed by atoms with van der Waals surface area (Å²) in [5.74, 6) is 2.16. The lowest BCUT2D eigenvalue weighted by molar-refractivity contribution is -0.00876. The second-order valence-corrected chi connectivity index (χ2v) is 11.6. The standard InChI is InChI=1S/C32H32N8O3/c1-41-30-5-2-22(13-36-30)16-39-25-10-26(39)18-38(17-25)29-4-3-23(14-35-29)28-11-27(19-40-31(28)24(12-33)15-37-40)43-21-32(20-34)6-8-42-9-7-32/h2-5,11,13-15,19,25-26H,6-10,16-18,21H2,1H3. The number of hydrogen-bond donors (Lipinski definition) is 0. The zero-order valence-corrected chi connectivity index (χ0v) is 24.0. The van der Waals surface area contributed by atoms with Crippen molar-refractivity contribution < 1.29 is 14.2 Å². The van der Waals surface area contributed by atoms with E-state index in [2.05, 4.69) is 44.2 Å². The summed E-state index contributed by atoms with van der Waals surface area (Å²) in [7, 11) is 1.63. The van der Waals surface area contributed by atoms with Crippen molar-refractivity contribution in [3.63, 3.8) is 0 Å². The Bertz CT molecular complexity index is 1690. The summed E-state index contributed by atoms with van der Waals surface area (Å²) in [6, 6.07) is 15.7. The second-order valence-electron chi connectivity index (χ2n) is 11.6. The number of methoxy groups -OCH3 is 1. The molecule has 0 saturated carbocycles. The molecule has 2 bridgehead atoms. The number of piperidine rings is 1. The SMILES string of the molecule is COc1ccc(CN2C3CC2CN(c2ccc(-c4cc(OCC5(C#N)CCOCC5)cn5ncc(C#N)c45)cn2)C3)cn1. The van der Waals surface area contributed by atoms with Gasteiger partial charge in [0, 0.05) is 74.5 Å². The third-order valence-corrected chi connectivity index (χ3v) is 9.01. The van der Waals surface area contributed by atoms with Gasteiger partial charge in [0.2, 0.25) is 5.88 Å². The van der Waals surface area contributed by atoms with Gasteiger partial charge in [-0.3, -0.25) is 4.90 Å². The highest BCUT2D eigenvalue weighted by Crippen LogP contribution is 2.37. The fourth-order valence-electron chi connectivity index (χ4n) is 6.45. The minimum absolute atomic E-state index is 0.269. The second kappa shape index (κ2) is 11.2. The smallest absolute Gasteiger partial charge is 0.212 e. The van der Waals surface area contributed by atoms with E-state index in [9.17, 15) is 10.5 Å². The van der Waals surface area contributed by atoms with E-state index in [1.54, 1.807) is 24.0 Å². The van der Waals surface area contributed by atoms with E-state index in [1.807, 2.05) is 30.6 Å². The minimum Gasteiger partial charge on any atom is -0.490 e. The Morgan fingerprint density at radius 3 is 2.56 bits per heavy atom. The molecule has 0 spiro atoms. The molecule has 0 aliphatic carbocycles. The van der Waals surface area contributed by atoms with Crippen molar-refractivity contribution in [2.45, 2.75) is 37.9 Å². The molecule has 8 rings (SSSR count). The molecule has 2 unspecified atom stereocenters. The summed E-state index contributed by atoms with van der Waals surface area (Å²) in [5.41, 5.74) is 3.48. The maximum Gasteiger partial charge on any atom is 0.212 e. The predicted octanol–water partition coefficient (Wildman–Crippen LogP) is 3.83. The van der Waals surface area contributed by atoms with Crippen molar-refractivity contribution in [2.24, 2.45) is 5.41 Å². The Morgan fingerprint density at radius 2 is 1.88 bits per heavy atom. The molecule has 2 atom stereocenters. The summed E-state index contributed by atoms with van der Waals surface area (Å²) in [4.78, 5) is 14.1. The van der Waals surface area contributed by atoms with Crippen LogP contribution in [0, 0.1) is 28.1 Å². The van der Waals surface area contributed by atoms with Crippen LogP contribution in [-0.4, -0.2) is 76.6 Å². The molecule has 0 N–H and O–H groups in total. The van der Waals surface area contributed by atoms with Crippen LogP contribution >= 0.6 is 0 Å². The topological polar surface area (TPSA) is 125 Å². The predicted molar refractivity (Wildman–Crippen MR) is 157 cm³/mol. The first-order chi connectivity index (χ1) is 21.1. The summed E-state index contributed by atoms with van der Waals surface area (Å²) < 4.78 is 18.5. The van der Waals surface area contributed by atoms with E-state index in [-0.39, 0.29) is 6.61 Å². The fraction of sp³-hybridized carbons (Fsp3) is 0.406. The highest BCUT2D eigenvalue weighted by molar-refractivity contribution is 5.85. The van der Waals surface area contributed by atoms with E-state index in [1.165, 1.54) is 12.0 Å². The van der Waals surface area contributed by atoms with Gasteiger partial charge in [0.25, 0.3) is 0 Å². The molecule has 4 aliphatic heterocycles. The molecule has 0 radical (unpaired) electrons. The van der Waals surface area contributed by atoms with Crippen LogP contribution in [0.15, 0.2) is 55.1 Å². The van der Waals surface area contributed by atoms with Gasteiger partial charge in [0.15, 0.2) is 0 Å². The van der Waals surface area contributed by atoms with Crippen LogP contribution < -0.4 is 14.4 Å². The van der Waals surface area contributed by atoms with Gasteiger partial charge in [-0.1, -0.05) is 6.07 Å². The molecule has 43 heavy (non-hydrogen) atoms. The Morgan fingerprint density at radius 1 is 1.05 bits per heavy atom. The van der Waals surface area contributed by atoms with Crippen LogP contribution in [0.4, 0.5) is 5.82 Å². The zero-order chi connectivity index (χ0) is 29.4. The van der Waals surface area contributed by atoms with Gasteiger partial charge < -0.3 is 19.1 Å². The lowest BCUT2D eigenvalue weighted by atomic mass is 9.83.